The SMILES string of the molecule is CCN(CC)C(=O)CN1N=C(c2ccccc2)Cn2c(cc3ccccc32)C1=O. The quantitative estimate of drug-likeness (QED) is 0.673. The number of hydrogen-bond acceptors (Lipinski definition) is 3. The molecule has 0 saturated heterocycles. The van der Waals surface area contributed by atoms with E-state index in [1.54, 1.807) is 4.90 Å². The summed E-state index contributed by atoms with van der Waals surface area (Å²) in [5, 5.41) is 6.96. The van der Waals surface area contributed by atoms with E-state index >= 15 is 0 Å². The van der Waals surface area contributed by atoms with Crippen molar-refractivity contribution >= 4 is 28.4 Å². The Hall–Kier alpha value is -3.41. The maximum absolute atomic E-state index is 13.3. The minimum absolute atomic E-state index is 0.0711. The monoisotopic (exact) mass is 388 g/mol. The maximum Gasteiger partial charge on any atom is 0.291 e. The molecule has 4 rings (SSSR count). The van der Waals surface area contributed by atoms with Crippen LogP contribution in [0.4, 0.5) is 0 Å². The molecule has 6 nitrogen and oxygen atoms in total. The molecule has 0 saturated carbocycles. The number of likely N-dealkylation sites (N-methyl/N-ethyl adjacent to an activating group) is 1. The van der Waals surface area contributed by atoms with Crippen LogP contribution in [0.2, 0.25) is 0 Å². The summed E-state index contributed by atoms with van der Waals surface area (Å²) in [5.41, 5.74) is 3.22. The van der Waals surface area contributed by atoms with E-state index in [-0.39, 0.29) is 18.4 Å². The average molecular weight is 388 g/mol. The third-order valence-electron chi connectivity index (χ3n) is 5.32. The molecule has 0 spiro atoms. The lowest BCUT2D eigenvalue weighted by Crippen LogP contribution is -2.40. The highest BCUT2D eigenvalue weighted by Gasteiger charge is 2.28. The number of amides is 2. The van der Waals surface area contributed by atoms with Gasteiger partial charge in [-0.25, -0.2) is 5.01 Å². The third-order valence-corrected chi connectivity index (χ3v) is 5.32. The number of fused-ring (bicyclic) bond motifs is 3. The van der Waals surface area contributed by atoms with Crippen molar-refractivity contribution in [3.63, 3.8) is 0 Å². The summed E-state index contributed by atoms with van der Waals surface area (Å²) in [6.45, 7) is 5.47. The Morgan fingerprint density at radius 3 is 2.45 bits per heavy atom. The van der Waals surface area contributed by atoms with Gasteiger partial charge in [-0.1, -0.05) is 48.5 Å². The number of aromatic nitrogens is 1. The lowest BCUT2D eigenvalue weighted by atomic mass is 10.1. The van der Waals surface area contributed by atoms with Crippen LogP contribution in [0, 0.1) is 0 Å². The highest BCUT2D eigenvalue weighted by atomic mass is 16.2. The van der Waals surface area contributed by atoms with Crippen molar-refractivity contribution in [3.8, 4) is 0 Å². The Balaban J connectivity index is 1.81. The summed E-state index contributed by atoms with van der Waals surface area (Å²) in [5.74, 6) is -0.364. The van der Waals surface area contributed by atoms with Crippen molar-refractivity contribution in [1.29, 1.82) is 0 Å². The number of nitrogens with zero attached hydrogens (tertiary/aromatic N) is 4. The van der Waals surface area contributed by atoms with Crippen molar-refractivity contribution < 1.29 is 9.59 Å². The number of hydrazone groups is 1. The molecule has 148 valence electrons. The van der Waals surface area contributed by atoms with E-state index in [2.05, 4.69) is 5.10 Å². The molecule has 0 unspecified atom stereocenters. The summed E-state index contributed by atoms with van der Waals surface area (Å²) in [7, 11) is 0. The van der Waals surface area contributed by atoms with Gasteiger partial charge in [-0.05, 0) is 31.5 Å². The summed E-state index contributed by atoms with van der Waals surface area (Å²) in [4.78, 5) is 27.8. The second kappa shape index (κ2) is 7.91. The molecule has 0 N–H and O–H groups in total. The molecule has 1 aliphatic heterocycles. The normalized spacial score (nSPS) is 13.8. The van der Waals surface area contributed by atoms with Crippen LogP contribution in [0.1, 0.15) is 29.9 Å². The number of carbonyl (C=O) groups is 2. The number of rotatable bonds is 5. The van der Waals surface area contributed by atoms with Crippen LogP contribution in [0.15, 0.2) is 65.8 Å². The van der Waals surface area contributed by atoms with Gasteiger partial charge in [-0.2, -0.15) is 5.10 Å². The zero-order chi connectivity index (χ0) is 20.4. The molecule has 1 aliphatic rings. The van der Waals surface area contributed by atoms with Gasteiger partial charge in [0.15, 0.2) is 0 Å². The Bertz CT molecular complexity index is 1080. The average Bonchev–Trinajstić information content (AvgIpc) is 3.05. The first-order valence-electron chi connectivity index (χ1n) is 9.93. The molecule has 0 aliphatic carbocycles. The summed E-state index contributed by atoms with van der Waals surface area (Å²) >= 11 is 0. The molecule has 0 atom stereocenters. The van der Waals surface area contributed by atoms with Crippen molar-refractivity contribution in [1.82, 2.24) is 14.5 Å². The molecule has 29 heavy (non-hydrogen) atoms. The molecule has 0 bridgehead atoms. The largest absolute Gasteiger partial charge is 0.342 e. The van der Waals surface area contributed by atoms with Gasteiger partial charge in [0.1, 0.15) is 12.2 Å². The lowest BCUT2D eigenvalue weighted by molar-refractivity contribution is -0.131. The van der Waals surface area contributed by atoms with Crippen LogP contribution in [-0.2, 0) is 11.3 Å². The van der Waals surface area contributed by atoms with E-state index in [1.807, 2.05) is 79.1 Å². The minimum Gasteiger partial charge on any atom is -0.342 e. The van der Waals surface area contributed by atoms with Gasteiger partial charge < -0.3 is 9.47 Å². The fourth-order valence-corrected chi connectivity index (χ4v) is 3.75. The number of para-hydroxylation sites is 1. The van der Waals surface area contributed by atoms with Gasteiger partial charge in [0.05, 0.1) is 12.3 Å². The molecule has 1 aromatic heterocycles. The Morgan fingerprint density at radius 2 is 1.72 bits per heavy atom. The molecule has 3 aromatic rings. The first-order chi connectivity index (χ1) is 14.1. The predicted octanol–water partition coefficient (Wildman–Crippen LogP) is 3.37. The van der Waals surface area contributed by atoms with Gasteiger partial charge in [-0.15, -0.1) is 0 Å². The van der Waals surface area contributed by atoms with Crippen LogP contribution < -0.4 is 0 Å². The predicted molar refractivity (Wildman–Crippen MR) is 114 cm³/mol. The fourth-order valence-electron chi connectivity index (χ4n) is 3.75. The van der Waals surface area contributed by atoms with Crippen molar-refractivity contribution in [3.05, 3.63) is 71.9 Å². The van der Waals surface area contributed by atoms with Crippen LogP contribution >= 0.6 is 0 Å². The van der Waals surface area contributed by atoms with E-state index in [4.69, 9.17) is 0 Å². The second-order valence-electron chi connectivity index (χ2n) is 7.02. The van der Waals surface area contributed by atoms with Crippen molar-refractivity contribution in [2.45, 2.75) is 20.4 Å². The highest BCUT2D eigenvalue weighted by molar-refractivity contribution is 6.07. The van der Waals surface area contributed by atoms with Gasteiger partial charge in [-0.3, -0.25) is 9.59 Å². The first-order valence-corrected chi connectivity index (χ1v) is 9.93. The molecule has 2 heterocycles. The van der Waals surface area contributed by atoms with Crippen LogP contribution in [0.25, 0.3) is 10.9 Å². The summed E-state index contributed by atoms with van der Waals surface area (Å²) < 4.78 is 1.99. The standard InChI is InChI=1S/C23H24N4O2/c1-3-25(4-2)22(28)16-27-23(29)21-14-18-12-8-9-13-20(18)26(21)15-19(24-27)17-10-6-5-7-11-17/h5-14H,3-4,15-16H2,1-2H3. The number of carbonyl (C=O) groups excluding carboxylic acids is 2. The first kappa shape index (κ1) is 18.9. The van der Waals surface area contributed by atoms with Crippen LogP contribution in [-0.4, -0.2) is 51.6 Å². The van der Waals surface area contributed by atoms with Crippen LogP contribution in [0.5, 0.6) is 0 Å². The van der Waals surface area contributed by atoms with Crippen molar-refractivity contribution in [2.24, 2.45) is 5.10 Å². The third kappa shape index (κ3) is 3.53. The zero-order valence-corrected chi connectivity index (χ0v) is 16.7. The van der Waals surface area contributed by atoms with E-state index in [9.17, 15) is 9.59 Å². The molecular formula is C23H24N4O2. The van der Waals surface area contributed by atoms with Gasteiger partial charge in [0.2, 0.25) is 5.91 Å². The molecule has 2 aromatic carbocycles. The van der Waals surface area contributed by atoms with Crippen LogP contribution in [0.3, 0.4) is 0 Å². The Labute approximate surface area is 170 Å². The van der Waals surface area contributed by atoms with Gasteiger partial charge in [0, 0.05) is 24.0 Å². The Kier molecular flexibility index (Phi) is 5.16. The molecule has 2 amide bonds. The topological polar surface area (TPSA) is 57.9 Å². The summed E-state index contributed by atoms with van der Waals surface area (Å²) in [6, 6.07) is 19.6. The van der Waals surface area contributed by atoms with Gasteiger partial charge in [0.25, 0.3) is 5.91 Å². The Morgan fingerprint density at radius 1 is 1.03 bits per heavy atom. The van der Waals surface area contributed by atoms with E-state index < -0.39 is 0 Å². The molecule has 6 heteroatoms. The highest BCUT2D eigenvalue weighted by Crippen LogP contribution is 2.24. The number of hydrogen-bond donors (Lipinski definition) is 0. The maximum atomic E-state index is 13.3. The lowest BCUT2D eigenvalue weighted by Gasteiger charge is -2.22. The van der Waals surface area contributed by atoms with Crippen molar-refractivity contribution in [2.75, 3.05) is 19.6 Å². The van der Waals surface area contributed by atoms with E-state index in [0.717, 1.165) is 22.2 Å². The summed E-state index contributed by atoms with van der Waals surface area (Å²) in [6.07, 6.45) is 0. The van der Waals surface area contributed by atoms with E-state index in [1.165, 1.54) is 5.01 Å². The molecular weight excluding hydrogens is 364 g/mol. The molecule has 0 fully saturated rings. The number of benzene rings is 2. The van der Waals surface area contributed by atoms with Gasteiger partial charge >= 0.3 is 0 Å². The molecule has 0 radical (unpaired) electrons. The second-order valence-corrected chi connectivity index (χ2v) is 7.02. The zero-order valence-electron chi connectivity index (χ0n) is 16.7. The smallest absolute Gasteiger partial charge is 0.291 e. The minimum atomic E-state index is -0.257. The van der Waals surface area contributed by atoms with E-state index in [0.29, 0.717) is 25.3 Å². The fraction of sp³-hybridized carbons (Fsp3) is 0.261.